The molecule has 110 heavy (non-hydrogen) atoms. The standard InChI is InChI=1S/C94H174O16/c1-11-17-21-25-29-33-37-41-45-49-53-57-61-65-69-77-87(97)107-93(15-5,108-88(98)78-70-66-62-58-54-50-46-42-38-34-30-26-22-18-12-2)83(9)105-91(101)81(7)103-85(95)75-73-74-76-86(96)104-82(8)92(102)106-84(10)94(16-6,109-89(99)79-71-67-63-59-55-51-47-43-39-35-31-27-23-19-13-3)110-90(100)80-72-68-64-60-56-52-48-44-40-36-32-28-24-20-14-4/h81-84H,11-80H2,1-10H3. The van der Waals surface area contributed by atoms with Crippen molar-refractivity contribution in [1.82, 2.24) is 0 Å². The predicted octanol–water partition coefficient (Wildman–Crippen LogP) is 27.7. The van der Waals surface area contributed by atoms with Crippen LogP contribution in [0, 0.1) is 0 Å². The molecule has 0 spiro atoms. The molecule has 0 bridgehead atoms. The Morgan fingerprint density at radius 1 is 0.191 bits per heavy atom. The van der Waals surface area contributed by atoms with Gasteiger partial charge in [-0.3, -0.25) is 28.8 Å². The molecule has 0 aliphatic heterocycles. The highest BCUT2D eigenvalue weighted by atomic mass is 16.8. The van der Waals surface area contributed by atoms with Crippen LogP contribution < -0.4 is 0 Å². The molecule has 0 aromatic heterocycles. The summed E-state index contributed by atoms with van der Waals surface area (Å²) in [5.41, 5.74) is 0. The molecule has 16 heteroatoms. The van der Waals surface area contributed by atoms with Gasteiger partial charge in [0.15, 0.2) is 24.4 Å². The Morgan fingerprint density at radius 3 is 0.482 bits per heavy atom. The monoisotopic (exact) mass is 1560 g/mol. The fourth-order valence-electron chi connectivity index (χ4n) is 14.6. The van der Waals surface area contributed by atoms with E-state index in [-0.39, 0.29) is 64.2 Å². The van der Waals surface area contributed by atoms with E-state index in [1.165, 1.54) is 310 Å². The van der Waals surface area contributed by atoms with Crippen molar-refractivity contribution in [2.75, 3.05) is 0 Å². The van der Waals surface area contributed by atoms with Gasteiger partial charge in [0.25, 0.3) is 11.6 Å². The molecule has 646 valence electrons. The third kappa shape index (κ3) is 62.2. The van der Waals surface area contributed by atoms with E-state index in [1.807, 2.05) is 0 Å². The summed E-state index contributed by atoms with van der Waals surface area (Å²) < 4.78 is 46.7. The molecule has 0 aliphatic carbocycles. The fraction of sp³-hybridized carbons (Fsp3) is 0.915. The van der Waals surface area contributed by atoms with Gasteiger partial charge in [0.2, 0.25) is 0 Å². The van der Waals surface area contributed by atoms with Crippen LogP contribution in [0.15, 0.2) is 0 Å². The number of ether oxygens (including phenoxy) is 8. The van der Waals surface area contributed by atoms with Crippen LogP contribution in [0.5, 0.6) is 0 Å². The maximum atomic E-state index is 13.6. The summed E-state index contributed by atoms with van der Waals surface area (Å²) in [6.07, 6.45) is 66.8. The van der Waals surface area contributed by atoms with Gasteiger partial charge in [-0.15, -0.1) is 0 Å². The van der Waals surface area contributed by atoms with E-state index in [4.69, 9.17) is 37.9 Å². The summed E-state index contributed by atoms with van der Waals surface area (Å²) in [6, 6.07) is 0. The van der Waals surface area contributed by atoms with Crippen LogP contribution in [-0.2, 0) is 76.3 Å². The van der Waals surface area contributed by atoms with Crippen LogP contribution in [-0.4, -0.2) is 83.7 Å². The van der Waals surface area contributed by atoms with Crippen molar-refractivity contribution in [3.8, 4) is 0 Å². The highest BCUT2D eigenvalue weighted by Crippen LogP contribution is 2.31. The van der Waals surface area contributed by atoms with Gasteiger partial charge in [-0.2, -0.15) is 0 Å². The fourth-order valence-corrected chi connectivity index (χ4v) is 14.6. The number of esters is 8. The molecule has 0 aromatic rings. The number of hydrogen-bond acceptors (Lipinski definition) is 16. The smallest absolute Gasteiger partial charge is 0.347 e. The molecule has 0 aliphatic rings. The summed E-state index contributed by atoms with van der Waals surface area (Å²) >= 11 is 0. The highest BCUT2D eigenvalue weighted by Gasteiger charge is 2.47. The highest BCUT2D eigenvalue weighted by molar-refractivity contribution is 5.80. The molecule has 4 unspecified atom stereocenters. The minimum absolute atomic E-state index is 0.0133. The van der Waals surface area contributed by atoms with Crippen LogP contribution in [0.25, 0.3) is 0 Å². The Balaban J connectivity index is 5.55. The first kappa shape index (κ1) is 106. The Hall–Kier alpha value is -4.24. The molecule has 16 nitrogen and oxygen atoms in total. The van der Waals surface area contributed by atoms with Crippen LogP contribution in [0.1, 0.15) is 519 Å². The lowest BCUT2D eigenvalue weighted by Crippen LogP contribution is -2.51. The first-order valence-corrected chi connectivity index (χ1v) is 47.1. The van der Waals surface area contributed by atoms with Crippen LogP contribution in [0.4, 0.5) is 0 Å². The molecule has 0 aromatic carbocycles. The summed E-state index contributed by atoms with van der Waals surface area (Å²) in [5.74, 6) is -9.30. The van der Waals surface area contributed by atoms with Crippen LogP contribution >= 0.6 is 0 Å². The van der Waals surface area contributed by atoms with Crippen molar-refractivity contribution in [3.05, 3.63) is 0 Å². The average Bonchev–Trinajstić information content (AvgIpc) is 0.824. The van der Waals surface area contributed by atoms with Gasteiger partial charge in [0.05, 0.1) is 0 Å². The maximum absolute atomic E-state index is 13.6. The summed E-state index contributed by atoms with van der Waals surface area (Å²) in [7, 11) is 0. The second kappa shape index (κ2) is 76.1. The lowest BCUT2D eigenvalue weighted by atomic mass is 10.0. The maximum Gasteiger partial charge on any atom is 0.347 e. The van der Waals surface area contributed by atoms with Crippen LogP contribution in [0.3, 0.4) is 0 Å². The minimum Gasteiger partial charge on any atom is -0.452 e. The Labute approximate surface area is 675 Å². The Kier molecular flexibility index (Phi) is 73.1. The Bertz CT molecular complexity index is 1950. The van der Waals surface area contributed by atoms with Gasteiger partial charge in [0, 0.05) is 51.4 Å². The van der Waals surface area contributed by atoms with E-state index in [2.05, 4.69) is 27.7 Å². The van der Waals surface area contributed by atoms with E-state index in [1.54, 1.807) is 13.8 Å². The average molecular weight is 1560 g/mol. The zero-order chi connectivity index (χ0) is 81.1. The zero-order valence-electron chi connectivity index (χ0n) is 73.3. The van der Waals surface area contributed by atoms with Gasteiger partial charge in [-0.05, 0) is 66.2 Å². The number of rotatable bonds is 83. The van der Waals surface area contributed by atoms with Crippen molar-refractivity contribution in [1.29, 1.82) is 0 Å². The topological polar surface area (TPSA) is 210 Å². The summed E-state index contributed by atoms with van der Waals surface area (Å²) in [6.45, 7) is 18.2. The molecule has 0 saturated carbocycles. The number of carbonyl (C=O) groups excluding carboxylic acids is 8. The molecule has 0 amide bonds. The van der Waals surface area contributed by atoms with Gasteiger partial charge in [-0.1, -0.05) is 401 Å². The van der Waals surface area contributed by atoms with Gasteiger partial charge in [-0.25, -0.2) is 9.59 Å². The van der Waals surface area contributed by atoms with Gasteiger partial charge >= 0.3 is 47.8 Å². The van der Waals surface area contributed by atoms with Crippen LogP contribution in [0.2, 0.25) is 0 Å². The second-order valence-corrected chi connectivity index (χ2v) is 32.7. The molecule has 0 rings (SSSR count). The first-order chi connectivity index (χ1) is 53.4. The molecule has 0 fully saturated rings. The van der Waals surface area contributed by atoms with Crippen molar-refractivity contribution >= 4 is 47.8 Å². The summed E-state index contributed by atoms with van der Waals surface area (Å²) in [4.78, 5) is 108. The van der Waals surface area contributed by atoms with E-state index in [0.29, 0.717) is 25.7 Å². The largest absolute Gasteiger partial charge is 0.452 e. The molecular formula is C94H174O16. The number of carbonyl (C=O) groups is 8. The molecule has 0 saturated heterocycles. The van der Waals surface area contributed by atoms with E-state index in [0.717, 1.165) is 77.0 Å². The van der Waals surface area contributed by atoms with Crippen molar-refractivity contribution in [2.24, 2.45) is 0 Å². The normalized spacial score (nSPS) is 12.8. The lowest BCUT2D eigenvalue weighted by molar-refractivity contribution is -0.266. The van der Waals surface area contributed by atoms with Crippen molar-refractivity contribution < 1.29 is 76.3 Å². The molecule has 0 radical (unpaired) electrons. The molecular weight excluding hydrogens is 1390 g/mol. The predicted molar refractivity (Wildman–Crippen MR) is 449 cm³/mol. The van der Waals surface area contributed by atoms with Gasteiger partial charge < -0.3 is 37.9 Å². The number of hydrogen-bond donors (Lipinski definition) is 0. The van der Waals surface area contributed by atoms with Crippen molar-refractivity contribution in [3.63, 3.8) is 0 Å². The van der Waals surface area contributed by atoms with Crippen molar-refractivity contribution in [2.45, 2.75) is 555 Å². The molecule has 0 N–H and O–H groups in total. The molecule has 0 heterocycles. The SMILES string of the molecule is CCCCCCCCCCCCCCCCCC(=O)OC(CC)(OC(=O)CCCCCCCCCCCCCCCCC)C(C)OC(=O)C(C)OC(=O)CCCCC(=O)OC(C)C(=O)OC(C)C(CC)(OC(=O)CCCCCCCCCCCCCCCCC)OC(=O)CCCCCCCCCCCCCCCCC. The van der Waals surface area contributed by atoms with Gasteiger partial charge in [0.1, 0.15) is 0 Å². The summed E-state index contributed by atoms with van der Waals surface area (Å²) in [5, 5.41) is 0. The lowest BCUT2D eigenvalue weighted by Gasteiger charge is -2.36. The van der Waals surface area contributed by atoms with E-state index in [9.17, 15) is 38.4 Å². The third-order valence-corrected chi connectivity index (χ3v) is 22.2. The quantitative estimate of drug-likeness (QED) is 0.0240. The number of unbranched alkanes of at least 4 members (excludes halogenated alkanes) is 57. The van der Waals surface area contributed by atoms with E-state index >= 15 is 0 Å². The minimum atomic E-state index is -1.90. The van der Waals surface area contributed by atoms with E-state index < -0.39 is 83.7 Å². The Morgan fingerprint density at radius 2 is 0.327 bits per heavy atom. The third-order valence-electron chi connectivity index (χ3n) is 22.2. The zero-order valence-corrected chi connectivity index (χ0v) is 73.3. The first-order valence-electron chi connectivity index (χ1n) is 47.1. The second-order valence-electron chi connectivity index (χ2n) is 32.7. The molecule has 4 atom stereocenters.